The second kappa shape index (κ2) is 6.40. The van der Waals surface area contributed by atoms with Gasteiger partial charge in [-0.1, -0.05) is 0 Å². The molecule has 1 aromatic rings. The molecule has 0 fully saturated rings. The summed E-state index contributed by atoms with van der Waals surface area (Å²) in [6, 6.07) is 3.29. The lowest BCUT2D eigenvalue weighted by atomic mass is 10.2. The van der Waals surface area contributed by atoms with Crippen LogP contribution in [0.2, 0.25) is 0 Å². The Kier molecular flexibility index (Phi) is 5.12. The van der Waals surface area contributed by atoms with Gasteiger partial charge < -0.3 is 10.1 Å². The fraction of sp³-hybridized carbons (Fsp3) is 0.455. The summed E-state index contributed by atoms with van der Waals surface area (Å²) in [7, 11) is 0. The van der Waals surface area contributed by atoms with E-state index in [1.807, 2.05) is 5.32 Å². The largest absolute Gasteiger partial charge is 0.494 e. The number of nitro groups is 1. The lowest BCUT2D eigenvalue weighted by molar-refractivity contribution is -0.384. The predicted octanol–water partition coefficient (Wildman–Crippen LogP) is 3.31. The van der Waals surface area contributed by atoms with Crippen LogP contribution in [0.1, 0.15) is 6.92 Å². The molecule has 0 aliphatic carbocycles. The van der Waals surface area contributed by atoms with E-state index >= 15 is 0 Å². The van der Waals surface area contributed by atoms with E-state index in [0.29, 0.717) is 0 Å². The summed E-state index contributed by atoms with van der Waals surface area (Å²) in [6.07, 6.45) is -3.82. The zero-order valence-electron chi connectivity index (χ0n) is 10.4. The molecule has 5 nitrogen and oxygen atoms in total. The molecule has 1 rings (SSSR count). The number of nitro benzene ring substituents is 1. The van der Waals surface area contributed by atoms with Crippen molar-refractivity contribution in [2.45, 2.75) is 19.3 Å². The summed E-state index contributed by atoms with van der Waals surface area (Å²) in [6.45, 7) is 0.516. The Morgan fingerprint density at radius 1 is 1.40 bits per heavy atom. The lowest BCUT2D eigenvalue weighted by Gasteiger charge is -2.17. The first-order valence-electron chi connectivity index (χ1n) is 5.58. The standard InChI is InChI=1S/C11H12F4N2O3/c1-2-20-9-4-7(3-8(5-9)17(18)19)16-6-11(14,15)10(12)13/h3-5,10,16H,2,6H2,1H3. The molecular weight excluding hydrogens is 284 g/mol. The highest BCUT2D eigenvalue weighted by atomic mass is 19.3. The maximum absolute atomic E-state index is 12.8. The minimum Gasteiger partial charge on any atom is -0.494 e. The fourth-order valence-corrected chi connectivity index (χ4v) is 1.34. The molecule has 0 bridgehead atoms. The van der Waals surface area contributed by atoms with E-state index in [2.05, 4.69) is 0 Å². The number of benzene rings is 1. The molecule has 0 heterocycles. The van der Waals surface area contributed by atoms with Gasteiger partial charge in [-0.25, -0.2) is 8.78 Å². The highest BCUT2D eigenvalue weighted by Gasteiger charge is 2.40. The maximum Gasteiger partial charge on any atom is 0.324 e. The highest BCUT2D eigenvalue weighted by molar-refractivity contribution is 5.56. The smallest absolute Gasteiger partial charge is 0.324 e. The Hall–Kier alpha value is -2.06. The lowest BCUT2D eigenvalue weighted by Crippen LogP contribution is -2.34. The maximum atomic E-state index is 12.8. The number of hydrogen-bond donors (Lipinski definition) is 1. The Balaban J connectivity index is 2.91. The normalized spacial score (nSPS) is 11.5. The molecule has 0 radical (unpaired) electrons. The minimum absolute atomic E-state index is 0.0876. The van der Waals surface area contributed by atoms with Crippen LogP contribution in [0.15, 0.2) is 18.2 Å². The van der Waals surface area contributed by atoms with Crippen molar-refractivity contribution in [3.05, 3.63) is 28.3 Å². The van der Waals surface area contributed by atoms with E-state index in [0.717, 1.165) is 12.1 Å². The Morgan fingerprint density at radius 3 is 2.55 bits per heavy atom. The number of hydrogen-bond acceptors (Lipinski definition) is 4. The van der Waals surface area contributed by atoms with Crippen molar-refractivity contribution < 1.29 is 27.2 Å². The molecule has 0 amide bonds. The van der Waals surface area contributed by atoms with Crippen LogP contribution in [0, 0.1) is 10.1 Å². The minimum atomic E-state index is -4.23. The SMILES string of the molecule is CCOc1cc(NCC(F)(F)C(F)F)cc([N+](=O)[O-])c1. The van der Waals surface area contributed by atoms with Crippen LogP contribution in [0.3, 0.4) is 0 Å². The number of anilines is 1. The number of rotatable bonds is 7. The first kappa shape index (κ1) is 16.0. The van der Waals surface area contributed by atoms with Crippen LogP contribution in [0.25, 0.3) is 0 Å². The topological polar surface area (TPSA) is 64.4 Å². The molecule has 1 aromatic carbocycles. The molecule has 112 valence electrons. The van der Waals surface area contributed by atoms with E-state index in [4.69, 9.17) is 4.74 Å². The van der Waals surface area contributed by atoms with Gasteiger partial charge in [0.15, 0.2) is 0 Å². The van der Waals surface area contributed by atoms with Crippen molar-refractivity contribution in [2.75, 3.05) is 18.5 Å². The van der Waals surface area contributed by atoms with Crippen molar-refractivity contribution in [3.8, 4) is 5.75 Å². The third-order valence-electron chi connectivity index (χ3n) is 2.26. The molecule has 0 aliphatic heterocycles. The molecule has 0 atom stereocenters. The van der Waals surface area contributed by atoms with Gasteiger partial charge in [0.1, 0.15) is 5.75 Å². The van der Waals surface area contributed by atoms with Gasteiger partial charge in [-0.05, 0) is 6.92 Å². The molecular formula is C11H12F4N2O3. The quantitative estimate of drug-likeness (QED) is 0.476. The number of halogens is 4. The first-order chi connectivity index (χ1) is 9.26. The van der Waals surface area contributed by atoms with Crippen molar-refractivity contribution >= 4 is 11.4 Å². The second-order valence-corrected chi connectivity index (χ2v) is 3.82. The van der Waals surface area contributed by atoms with Crippen LogP contribution in [-0.2, 0) is 0 Å². The molecule has 0 saturated carbocycles. The van der Waals surface area contributed by atoms with Crippen molar-refractivity contribution in [2.24, 2.45) is 0 Å². The second-order valence-electron chi connectivity index (χ2n) is 3.82. The molecule has 1 N–H and O–H groups in total. The van der Waals surface area contributed by atoms with E-state index in [-0.39, 0.29) is 23.7 Å². The van der Waals surface area contributed by atoms with Crippen LogP contribution in [-0.4, -0.2) is 30.4 Å². The molecule has 9 heteroatoms. The monoisotopic (exact) mass is 296 g/mol. The van der Waals surface area contributed by atoms with Gasteiger partial charge in [-0.2, -0.15) is 8.78 Å². The average Bonchev–Trinajstić information content (AvgIpc) is 2.36. The van der Waals surface area contributed by atoms with E-state index in [1.54, 1.807) is 6.92 Å². The Morgan fingerprint density at radius 2 is 2.05 bits per heavy atom. The van der Waals surface area contributed by atoms with Gasteiger partial charge in [0.05, 0.1) is 24.1 Å². The zero-order valence-corrected chi connectivity index (χ0v) is 10.4. The summed E-state index contributed by atoms with van der Waals surface area (Å²) < 4.78 is 54.6. The summed E-state index contributed by atoms with van der Waals surface area (Å²) in [5, 5.41) is 12.7. The number of alkyl halides is 4. The number of non-ortho nitro benzene ring substituents is 1. The van der Waals surface area contributed by atoms with Crippen LogP contribution in [0.5, 0.6) is 5.75 Å². The molecule has 0 aromatic heterocycles. The Bertz CT molecular complexity index is 483. The molecule has 0 aliphatic rings. The van der Waals surface area contributed by atoms with Crippen molar-refractivity contribution in [1.82, 2.24) is 0 Å². The fourth-order valence-electron chi connectivity index (χ4n) is 1.34. The predicted molar refractivity (Wildman–Crippen MR) is 63.7 cm³/mol. The number of nitrogens with one attached hydrogen (secondary N) is 1. The molecule has 0 unspecified atom stereocenters. The van der Waals surface area contributed by atoms with E-state index < -0.39 is 23.8 Å². The summed E-state index contributed by atoms with van der Waals surface area (Å²) >= 11 is 0. The first-order valence-corrected chi connectivity index (χ1v) is 5.58. The highest BCUT2D eigenvalue weighted by Crippen LogP contribution is 2.28. The third kappa shape index (κ3) is 4.25. The van der Waals surface area contributed by atoms with E-state index in [1.165, 1.54) is 6.07 Å². The summed E-state index contributed by atoms with van der Waals surface area (Å²) in [5.74, 6) is -4.14. The number of ether oxygens (including phenoxy) is 1. The van der Waals surface area contributed by atoms with Gasteiger partial charge in [0.25, 0.3) is 5.69 Å². The number of nitrogens with zero attached hydrogens (tertiary/aromatic N) is 1. The van der Waals surface area contributed by atoms with Crippen LogP contribution < -0.4 is 10.1 Å². The summed E-state index contributed by atoms with van der Waals surface area (Å²) in [5.41, 5.74) is -0.484. The molecule has 0 saturated heterocycles. The van der Waals surface area contributed by atoms with Gasteiger partial charge >= 0.3 is 12.3 Å². The van der Waals surface area contributed by atoms with Crippen molar-refractivity contribution in [1.29, 1.82) is 0 Å². The van der Waals surface area contributed by atoms with Crippen molar-refractivity contribution in [3.63, 3.8) is 0 Å². The average molecular weight is 296 g/mol. The molecule has 20 heavy (non-hydrogen) atoms. The Labute approximate surface area is 111 Å². The van der Waals surface area contributed by atoms with Gasteiger partial charge in [-0.15, -0.1) is 0 Å². The zero-order chi connectivity index (χ0) is 15.3. The van der Waals surface area contributed by atoms with Gasteiger partial charge in [0.2, 0.25) is 0 Å². The van der Waals surface area contributed by atoms with Crippen LogP contribution in [0.4, 0.5) is 28.9 Å². The third-order valence-corrected chi connectivity index (χ3v) is 2.26. The summed E-state index contributed by atoms with van der Waals surface area (Å²) in [4.78, 5) is 9.94. The van der Waals surface area contributed by atoms with E-state index in [9.17, 15) is 27.7 Å². The van der Waals surface area contributed by atoms with Gasteiger partial charge in [-0.3, -0.25) is 10.1 Å². The van der Waals surface area contributed by atoms with Crippen LogP contribution >= 0.6 is 0 Å². The van der Waals surface area contributed by atoms with Gasteiger partial charge in [0, 0.05) is 17.8 Å². The molecule has 0 spiro atoms.